The second-order valence-corrected chi connectivity index (χ2v) is 25.4. The lowest BCUT2D eigenvalue weighted by Gasteiger charge is -2.40. The van der Waals surface area contributed by atoms with Crippen LogP contribution in [-0.4, -0.2) is 8.07 Å². The van der Waals surface area contributed by atoms with Crippen LogP contribution in [0, 0.1) is 0 Å². The smallest absolute Gasteiger partial charge is 0.136 e. The molecule has 1 aliphatic carbocycles. The molecule has 0 N–H and O–H groups in total. The number of hydrogen-bond donors (Lipinski definition) is 0. The van der Waals surface area contributed by atoms with Crippen LogP contribution < -0.4 is 5.19 Å². The van der Waals surface area contributed by atoms with Crippen LogP contribution in [0.3, 0.4) is 0 Å². The van der Waals surface area contributed by atoms with Gasteiger partial charge in [0.1, 0.15) is 19.2 Å². The van der Waals surface area contributed by atoms with Gasteiger partial charge >= 0.3 is 0 Å². The molecule has 0 unspecified atom stereocenters. The topological polar surface area (TPSA) is 13.1 Å². The zero-order valence-corrected chi connectivity index (χ0v) is 38.7. The number of benzene rings is 10. The van der Waals surface area contributed by atoms with Gasteiger partial charge in [-0.2, -0.15) is 0 Å². The minimum atomic E-state index is -1.92. The van der Waals surface area contributed by atoms with E-state index in [0.29, 0.717) is 0 Å². The molecule has 13 rings (SSSR count). The van der Waals surface area contributed by atoms with Crippen LogP contribution in [0.15, 0.2) is 192 Å². The van der Waals surface area contributed by atoms with Crippen LogP contribution in [0.1, 0.15) is 56.9 Å². The molecule has 1 aliphatic heterocycles. The summed E-state index contributed by atoms with van der Waals surface area (Å²) in [5.74, 6) is 0. The van der Waals surface area contributed by atoms with Gasteiger partial charge in [0.2, 0.25) is 0 Å². The van der Waals surface area contributed by atoms with E-state index in [2.05, 4.69) is 223 Å². The Morgan fingerprint density at radius 3 is 1.62 bits per heavy atom. The molecule has 0 atom stereocenters. The normalized spacial score (nSPS) is 15.0. The fourth-order valence-corrected chi connectivity index (χ4v) is 17.5. The minimum Gasteiger partial charge on any atom is -0.456 e. The van der Waals surface area contributed by atoms with Crippen molar-refractivity contribution in [1.82, 2.24) is 0 Å². The summed E-state index contributed by atoms with van der Waals surface area (Å²) in [5.41, 5.74) is 17.6. The van der Waals surface area contributed by atoms with Gasteiger partial charge in [0.15, 0.2) is 0 Å². The summed E-state index contributed by atoms with van der Waals surface area (Å²) in [6, 6.07) is 73.6. The van der Waals surface area contributed by atoms with Crippen LogP contribution in [0.4, 0.5) is 0 Å². The molecule has 0 radical (unpaired) electrons. The minimum absolute atomic E-state index is 0.138. The van der Waals surface area contributed by atoms with Gasteiger partial charge in [-0.05, 0) is 153 Å². The molecule has 2 heteroatoms. The molecule has 1 aromatic heterocycles. The first-order valence-corrected chi connectivity index (χ1v) is 25.7. The zero-order chi connectivity index (χ0) is 43.8. The first-order valence-electron chi connectivity index (χ1n) is 23.3. The van der Waals surface area contributed by atoms with Crippen LogP contribution >= 0.6 is 0 Å². The van der Waals surface area contributed by atoms with E-state index >= 15 is 0 Å². The van der Waals surface area contributed by atoms with Gasteiger partial charge in [0.05, 0.1) is 0 Å². The predicted molar refractivity (Wildman–Crippen MR) is 279 cm³/mol. The lowest BCUT2D eigenvalue weighted by molar-refractivity contribution is 0.661. The maximum absolute atomic E-state index is 6.82. The van der Waals surface area contributed by atoms with Gasteiger partial charge < -0.3 is 4.42 Å². The summed E-state index contributed by atoms with van der Waals surface area (Å²) in [6.07, 6.45) is 0. The number of furan rings is 1. The molecular formula is C63H50OSi. The van der Waals surface area contributed by atoms with E-state index in [4.69, 9.17) is 4.42 Å². The van der Waals surface area contributed by atoms with Crippen molar-refractivity contribution in [3.05, 3.63) is 210 Å². The molecule has 11 aromatic rings. The number of hydrogen-bond acceptors (Lipinski definition) is 1. The van der Waals surface area contributed by atoms with E-state index in [9.17, 15) is 0 Å². The molecule has 10 aromatic carbocycles. The van der Waals surface area contributed by atoms with Gasteiger partial charge in [0.25, 0.3) is 0 Å². The van der Waals surface area contributed by atoms with Crippen molar-refractivity contribution in [2.45, 2.75) is 57.2 Å². The van der Waals surface area contributed by atoms with Crippen LogP contribution in [-0.2, 0) is 17.5 Å². The summed E-state index contributed by atoms with van der Waals surface area (Å²) in [4.78, 5) is 0. The fraction of sp³-hybridized carbons (Fsp3) is 0.143. The number of rotatable bonds is 4. The fourth-order valence-electron chi connectivity index (χ4n) is 12.3. The summed E-state index contributed by atoms with van der Waals surface area (Å²) < 4.78 is 6.82. The van der Waals surface area contributed by atoms with E-state index in [1.54, 1.807) is 16.3 Å². The van der Waals surface area contributed by atoms with E-state index < -0.39 is 8.07 Å². The molecule has 0 amide bonds. The highest BCUT2D eigenvalue weighted by Crippen LogP contribution is 2.53. The first kappa shape index (κ1) is 38.5. The van der Waals surface area contributed by atoms with Crippen molar-refractivity contribution < 1.29 is 4.42 Å². The Bertz CT molecular complexity index is 3700. The second-order valence-electron chi connectivity index (χ2n) is 20.5. The molecule has 65 heavy (non-hydrogen) atoms. The lowest BCUT2D eigenvalue weighted by atomic mass is 9.80. The van der Waals surface area contributed by atoms with Gasteiger partial charge in [-0.25, -0.2) is 0 Å². The summed E-state index contributed by atoms with van der Waals surface area (Å²) in [5, 5.41) is 11.7. The SMILES string of the molecule is CC1(C)c2cc(-c3c4ccccc4c(-c4cc(-c5ccc([Si]6(C(C)(C)C)Cc7ccccc7C6)cc5)cc5oc6ccccc6c45)c4ccccc34)ccc2-c2cc3ccccc3cc21. The second kappa shape index (κ2) is 13.8. The Balaban J connectivity index is 1.01. The molecule has 0 spiro atoms. The van der Waals surface area contributed by atoms with Gasteiger partial charge in [-0.15, -0.1) is 0 Å². The molecule has 312 valence electrons. The predicted octanol–water partition coefficient (Wildman–Crippen LogP) is 16.7. The van der Waals surface area contributed by atoms with Crippen LogP contribution in [0.25, 0.3) is 98.8 Å². The van der Waals surface area contributed by atoms with Crippen molar-refractivity contribution >= 4 is 67.5 Å². The van der Waals surface area contributed by atoms with Gasteiger partial charge in [-0.1, -0.05) is 191 Å². The Kier molecular flexibility index (Phi) is 8.14. The van der Waals surface area contributed by atoms with Crippen molar-refractivity contribution in [3.63, 3.8) is 0 Å². The number of para-hydroxylation sites is 1. The van der Waals surface area contributed by atoms with Crippen molar-refractivity contribution in [1.29, 1.82) is 0 Å². The maximum Gasteiger partial charge on any atom is 0.136 e. The van der Waals surface area contributed by atoms with E-state index in [-0.39, 0.29) is 10.5 Å². The lowest BCUT2D eigenvalue weighted by Crippen LogP contribution is -2.56. The Labute approximate surface area is 382 Å². The highest BCUT2D eigenvalue weighted by Gasteiger charge is 2.49. The Hall–Kier alpha value is -7.00. The van der Waals surface area contributed by atoms with Crippen LogP contribution in [0.2, 0.25) is 5.04 Å². The van der Waals surface area contributed by atoms with Crippen molar-refractivity contribution in [2.75, 3.05) is 0 Å². The molecule has 0 saturated heterocycles. The van der Waals surface area contributed by atoms with E-state index in [1.165, 1.54) is 100 Å². The average Bonchev–Trinajstić information content (AvgIpc) is 3.98. The summed E-state index contributed by atoms with van der Waals surface area (Å²) in [7, 11) is -1.92. The molecular weight excluding hydrogens is 801 g/mol. The van der Waals surface area contributed by atoms with Crippen molar-refractivity contribution in [3.8, 4) is 44.5 Å². The molecule has 1 nitrogen and oxygen atoms in total. The van der Waals surface area contributed by atoms with Crippen molar-refractivity contribution in [2.24, 2.45) is 0 Å². The number of fused-ring (bicyclic) bond motifs is 10. The Morgan fingerprint density at radius 2 is 0.969 bits per heavy atom. The molecule has 2 aliphatic rings. The molecule has 0 bridgehead atoms. The van der Waals surface area contributed by atoms with E-state index in [0.717, 1.165) is 21.9 Å². The highest BCUT2D eigenvalue weighted by atomic mass is 28.3. The van der Waals surface area contributed by atoms with Gasteiger partial charge in [-0.3, -0.25) is 0 Å². The quantitative estimate of drug-likeness (QED) is 0.127. The zero-order valence-electron chi connectivity index (χ0n) is 37.7. The average molecular weight is 851 g/mol. The molecule has 0 saturated carbocycles. The van der Waals surface area contributed by atoms with Gasteiger partial charge in [0, 0.05) is 16.2 Å². The first-order chi connectivity index (χ1) is 31.6. The molecule has 2 heterocycles. The highest BCUT2D eigenvalue weighted by molar-refractivity contribution is 6.94. The third-order valence-electron chi connectivity index (χ3n) is 15.8. The molecule has 0 fully saturated rings. The summed E-state index contributed by atoms with van der Waals surface area (Å²) in [6.45, 7) is 12.2. The largest absolute Gasteiger partial charge is 0.456 e. The third kappa shape index (κ3) is 5.57. The van der Waals surface area contributed by atoms with E-state index in [1.807, 2.05) is 0 Å². The monoisotopic (exact) mass is 850 g/mol. The standard InChI is InChI=1S/C63H50OSi/c1-62(2,3)65(37-43-18-8-9-19-44(43)38-65)46-29-26-39(27-30-46)45-33-54(61-52-24-14-15-25-57(52)64-58(61)36-45)60-50-22-12-10-20-48(50)59(49-21-11-13-23-51(49)60)42-28-31-47-53-32-40-16-6-7-17-41(40)34-56(53)63(4,5)55(47)35-42/h6-36H,37-38H2,1-5H3. The van der Waals surface area contributed by atoms with Crippen LogP contribution in [0.5, 0.6) is 0 Å². The summed E-state index contributed by atoms with van der Waals surface area (Å²) >= 11 is 0. The maximum atomic E-state index is 6.82. The Morgan fingerprint density at radius 1 is 0.431 bits per heavy atom. The third-order valence-corrected chi connectivity index (χ3v) is 22.1.